The third-order valence-corrected chi connectivity index (χ3v) is 3.04. The van der Waals surface area contributed by atoms with Crippen LogP contribution in [0.25, 0.3) is 0 Å². The first-order valence-corrected chi connectivity index (χ1v) is 5.14. The Balaban J connectivity index is 2.51. The maximum atomic E-state index is 11.3. The van der Waals surface area contributed by atoms with Crippen molar-refractivity contribution in [2.24, 2.45) is 5.92 Å². The normalized spacial score (nSPS) is 27.9. The van der Waals surface area contributed by atoms with Crippen molar-refractivity contribution in [3.05, 3.63) is 12.2 Å². The van der Waals surface area contributed by atoms with Crippen LogP contribution < -0.4 is 0 Å². The average molecular weight is 170 g/mol. The molecule has 1 nitrogen and oxygen atoms in total. The second-order valence-corrected chi connectivity index (χ2v) is 4.28. The fraction of sp³-hybridized carbons (Fsp3) is 0.667. The number of carbonyl (C=O) groups excluding carboxylic acids is 1. The van der Waals surface area contributed by atoms with E-state index in [0.717, 1.165) is 11.3 Å². The number of rotatable bonds is 0. The van der Waals surface area contributed by atoms with Gasteiger partial charge in [0, 0.05) is 12.2 Å². The second-order valence-electron chi connectivity index (χ2n) is 3.18. The van der Waals surface area contributed by atoms with Crippen LogP contribution in [0, 0.1) is 5.92 Å². The van der Waals surface area contributed by atoms with E-state index in [4.69, 9.17) is 0 Å². The van der Waals surface area contributed by atoms with Crippen LogP contribution >= 0.6 is 11.8 Å². The van der Waals surface area contributed by atoms with Crippen molar-refractivity contribution in [1.82, 2.24) is 0 Å². The molecule has 0 spiro atoms. The molecule has 0 aromatic carbocycles. The molecular formula is C9H14OS. The van der Waals surface area contributed by atoms with Gasteiger partial charge in [-0.05, 0) is 23.7 Å². The number of hydrogen-bond acceptors (Lipinski definition) is 2. The van der Waals surface area contributed by atoms with E-state index in [1.807, 2.05) is 11.8 Å². The van der Waals surface area contributed by atoms with Crippen molar-refractivity contribution in [2.45, 2.75) is 19.8 Å². The van der Waals surface area contributed by atoms with Crippen molar-refractivity contribution in [3.63, 3.8) is 0 Å². The van der Waals surface area contributed by atoms with Gasteiger partial charge >= 0.3 is 0 Å². The summed E-state index contributed by atoms with van der Waals surface area (Å²) in [4.78, 5) is 11.3. The Hall–Kier alpha value is -0.240. The summed E-state index contributed by atoms with van der Waals surface area (Å²) in [5.74, 6) is 2.83. The van der Waals surface area contributed by atoms with E-state index in [1.165, 1.54) is 12.2 Å². The number of carbonyl (C=O) groups is 1. The van der Waals surface area contributed by atoms with Crippen LogP contribution in [-0.4, -0.2) is 17.3 Å². The largest absolute Gasteiger partial charge is 0.295 e. The molecule has 1 unspecified atom stereocenters. The number of thioether (sulfide) groups is 1. The lowest BCUT2D eigenvalue weighted by molar-refractivity contribution is -0.116. The van der Waals surface area contributed by atoms with E-state index in [2.05, 4.69) is 13.5 Å². The summed E-state index contributed by atoms with van der Waals surface area (Å²) >= 11 is 1.82. The van der Waals surface area contributed by atoms with E-state index in [1.54, 1.807) is 0 Å². The van der Waals surface area contributed by atoms with E-state index in [9.17, 15) is 4.79 Å². The average Bonchev–Trinajstić information content (AvgIpc) is 1.95. The summed E-state index contributed by atoms with van der Waals surface area (Å²) in [5.41, 5.74) is 0.807. The van der Waals surface area contributed by atoms with Crippen molar-refractivity contribution in [3.8, 4) is 0 Å². The Morgan fingerprint density at radius 2 is 2.36 bits per heavy atom. The molecule has 0 saturated carbocycles. The third kappa shape index (κ3) is 2.70. The zero-order valence-electron chi connectivity index (χ0n) is 6.93. The highest BCUT2D eigenvalue weighted by Gasteiger charge is 2.15. The SMILES string of the molecule is C=C1CSCCC(C)CC1=O. The van der Waals surface area contributed by atoms with E-state index in [-0.39, 0.29) is 5.78 Å². The lowest BCUT2D eigenvalue weighted by atomic mass is 9.99. The Kier molecular flexibility index (Phi) is 3.18. The summed E-state index contributed by atoms with van der Waals surface area (Å²) in [6, 6.07) is 0. The first-order valence-electron chi connectivity index (χ1n) is 3.99. The topological polar surface area (TPSA) is 17.1 Å². The van der Waals surface area contributed by atoms with Crippen LogP contribution in [0.1, 0.15) is 19.8 Å². The predicted molar refractivity (Wildman–Crippen MR) is 49.9 cm³/mol. The van der Waals surface area contributed by atoms with Gasteiger partial charge in [-0.25, -0.2) is 0 Å². The molecule has 1 fully saturated rings. The Bertz CT molecular complexity index is 174. The molecule has 1 saturated heterocycles. The zero-order chi connectivity index (χ0) is 8.27. The molecule has 1 rings (SSSR count). The lowest BCUT2D eigenvalue weighted by Crippen LogP contribution is -2.13. The molecule has 0 amide bonds. The number of hydrogen-bond donors (Lipinski definition) is 0. The summed E-state index contributed by atoms with van der Waals surface area (Å²) in [5, 5.41) is 0. The van der Waals surface area contributed by atoms with Crippen LogP contribution in [0.2, 0.25) is 0 Å². The molecule has 2 heteroatoms. The van der Waals surface area contributed by atoms with Crippen molar-refractivity contribution < 1.29 is 4.79 Å². The monoisotopic (exact) mass is 170 g/mol. The third-order valence-electron chi connectivity index (χ3n) is 1.96. The summed E-state index contributed by atoms with van der Waals surface area (Å²) < 4.78 is 0. The molecule has 11 heavy (non-hydrogen) atoms. The molecule has 0 bridgehead atoms. The molecule has 0 aromatic rings. The molecule has 1 heterocycles. The van der Waals surface area contributed by atoms with Crippen molar-refractivity contribution in [2.75, 3.05) is 11.5 Å². The van der Waals surface area contributed by atoms with Gasteiger partial charge in [0.2, 0.25) is 0 Å². The maximum absolute atomic E-state index is 11.3. The minimum atomic E-state index is 0.268. The Morgan fingerprint density at radius 3 is 3.09 bits per heavy atom. The Labute approximate surface area is 72.2 Å². The number of Topliss-reactive ketones (excluding diaryl/α,β-unsaturated/α-hetero) is 1. The van der Waals surface area contributed by atoms with Gasteiger partial charge in [-0.15, -0.1) is 0 Å². The fourth-order valence-corrected chi connectivity index (χ4v) is 2.24. The summed E-state index contributed by atoms with van der Waals surface area (Å²) in [6.07, 6.45) is 1.88. The van der Waals surface area contributed by atoms with Gasteiger partial charge in [0.15, 0.2) is 5.78 Å². The zero-order valence-corrected chi connectivity index (χ0v) is 7.75. The van der Waals surface area contributed by atoms with Gasteiger partial charge in [-0.1, -0.05) is 13.5 Å². The van der Waals surface area contributed by atoms with Gasteiger partial charge in [0.25, 0.3) is 0 Å². The molecule has 0 N–H and O–H groups in total. The van der Waals surface area contributed by atoms with Crippen LogP contribution in [0.5, 0.6) is 0 Å². The highest BCUT2D eigenvalue weighted by atomic mass is 32.2. The fourth-order valence-electron chi connectivity index (χ4n) is 1.12. The molecule has 1 aliphatic rings. The first kappa shape index (κ1) is 8.85. The van der Waals surface area contributed by atoms with Crippen LogP contribution in [-0.2, 0) is 4.79 Å². The first-order chi connectivity index (χ1) is 5.20. The molecule has 0 radical (unpaired) electrons. The standard InChI is InChI=1S/C9H14OS/c1-7-3-4-11-6-8(2)9(10)5-7/h7H,2-6H2,1H3. The van der Waals surface area contributed by atoms with Crippen molar-refractivity contribution >= 4 is 17.5 Å². The van der Waals surface area contributed by atoms with Gasteiger partial charge in [-0.2, -0.15) is 11.8 Å². The van der Waals surface area contributed by atoms with Gasteiger partial charge in [0.1, 0.15) is 0 Å². The van der Waals surface area contributed by atoms with Gasteiger partial charge < -0.3 is 0 Å². The van der Waals surface area contributed by atoms with Crippen LogP contribution in [0.3, 0.4) is 0 Å². The van der Waals surface area contributed by atoms with E-state index < -0.39 is 0 Å². The molecule has 1 atom stereocenters. The van der Waals surface area contributed by atoms with E-state index in [0.29, 0.717) is 12.3 Å². The molecular weight excluding hydrogens is 156 g/mol. The molecule has 0 aliphatic carbocycles. The van der Waals surface area contributed by atoms with Crippen LogP contribution in [0.4, 0.5) is 0 Å². The predicted octanol–water partition coefficient (Wildman–Crippen LogP) is 2.27. The maximum Gasteiger partial charge on any atom is 0.159 e. The highest BCUT2D eigenvalue weighted by molar-refractivity contribution is 7.99. The minimum Gasteiger partial charge on any atom is -0.295 e. The van der Waals surface area contributed by atoms with Crippen LogP contribution in [0.15, 0.2) is 12.2 Å². The van der Waals surface area contributed by atoms with E-state index >= 15 is 0 Å². The quantitative estimate of drug-likeness (QED) is 0.519. The lowest BCUT2D eigenvalue weighted by Gasteiger charge is -2.14. The number of ketones is 1. The smallest absolute Gasteiger partial charge is 0.159 e. The molecule has 1 aliphatic heterocycles. The van der Waals surface area contributed by atoms with Gasteiger partial charge in [-0.3, -0.25) is 4.79 Å². The summed E-state index contributed by atoms with van der Waals surface area (Å²) in [6.45, 7) is 5.90. The van der Waals surface area contributed by atoms with Crippen molar-refractivity contribution in [1.29, 1.82) is 0 Å². The highest BCUT2D eigenvalue weighted by Crippen LogP contribution is 2.20. The summed E-state index contributed by atoms with van der Waals surface area (Å²) in [7, 11) is 0. The minimum absolute atomic E-state index is 0.268. The molecule has 0 aromatic heterocycles. The van der Waals surface area contributed by atoms with Gasteiger partial charge in [0.05, 0.1) is 0 Å². The molecule has 62 valence electrons. The Morgan fingerprint density at radius 1 is 1.64 bits per heavy atom. The second kappa shape index (κ2) is 3.96.